The van der Waals surface area contributed by atoms with Crippen molar-refractivity contribution < 1.29 is 29.2 Å². The highest BCUT2D eigenvalue weighted by Crippen LogP contribution is 2.36. The van der Waals surface area contributed by atoms with E-state index < -0.39 is 26.5 Å². The van der Waals surface area contributed by atoms with Gasteiger partial charge in [-0.1, -0.05) is 6.92 Å². The van der Waals surface area contributed by atoms with E-state index >= 15 is 0 Å². The van der Waals surface area contributed by atoms with Crippen molar-refractivity contribution in [2.45, 2.75) is 32.2 Å². The zero-order chi connectivity index (χ0) is 37.7. The first kappa shape index (κ1) is 40.4. The molecule has 0 aliphatic carbocycles. The van der Waals surface area contributed by atoms with E-state index in [1.54, 1.807) is 39.1 Å². The Morgan fingerprint density at radius 1 is 0.804 bits per heavy atom. The van der Waals surface area contributed by atoms with Gasteiger partial charge in [-0.15, -0.1) is 0 Å². The SMILES string of the molecule is CCP(C)(C)=O.CP(C)(=O)COCC1CN(Cc2c[nH]c3c(=O)[nH]c(N)nc23)CC1O.Nc1nc2c(CN3CC(O)C(CO)C3)c[nH]c2c(=O)[nH]1. The third-order valence-electron chi connectivity index (χ3n) is 8.75. The van der Waals surface area contributed by atoms with Gasteiger partial charge in [0.2, 0.25) is 11.9 Å². The average molecular weight is 755 g/mol. The van der Waals surface area contributed by atoms with Gasteiger partial charge in [-0.2, -0.15) is 0 Å². The number of nitrogens with one attached hydrogen (secondary N) is 4. The van der Waals surface area contributed by atoms with Gasteiger partial charge < -0.3 is 50.6 Å². The van der Waals surface area contributed by atoms with Crippen molar-refractivity contribution in [1.29, 1.82) is 0 Å². The molecule has 2 aliphatic rings. The first-order valence-corrected chi connectivity index (χ1v) is 22.2. The molecule has 0 amide bonds. The van der Waals surface area contributed by atoms with Gasteiger partial charge >= 0.3 is 0 Å². The molecule has 2 aliphatic heterocycles. The maximum atomic E-state index is 11.9. The summed E-state index contributed by atoms with van der Waals surface area (Å²) in [7, 11) is -3.86. The number of nitrogens with zero attached hydrogens (tertiary/aromatic N) is 4. The molecule has 2 saturated heterocycles. The third kappa shape index (κ3) is 11.3. The number of rotatable bonds is 10. The van der Waals surface area contributed by atoms with Crippen LogP contribution >= 0.6 is 14.3 Å². The van der Waals surface area contributed by atoms with E-state index in [4.69, 9.17) is 21.3 Å². The summed E-state index contributed by atoms with van der Waals surface area (Å²) in [4.78, 5) is 46.7. The van der Waals surface area contributed by atoms with Gasteiger partial charge in [0.1, 0.15) is 29.2 Å². The van der Waals surface area contributed by atoms with Gasteiger partial charge in [0.05, 0.1) is 32.3 Å². The number of nitrogens with two attached hydrogens (primary N) is 2. The molecule has 51 heavy (non-hydrogen) atoms. The van der Waals surface area contributed by atoms with Crippen LogP contribution in [0, 0.1) is 11.8 Å². The number of β-amino-alcohol motifs (C(OH)–C–C–N with tert-alkyl or cyclic N) is 2. The molecule has 284 valence electrons. The van der Waals surface area contributed by atoms with Crippen molar-refractivity contribution >= 4 is 48.2 Å². The van der Waals surface area contributed by atoms with E-state index in [9.17, 15) is 28.9 Å². The molecule has 0 aromatic carbocycles. The van der Waals surface area contributed by atoms with Crippen LogP contribution in [-0.2, 0) is 27.0 Å². The number of anilines is 2. The van der Waals surface area contributed by atoms with Gasteiger partial charge in [-0.05, 0) is 32.8 Å². The largest absolute Gasteiger partial charge is 0.396 e. The fourth-order valence-corrected chi connectivity index (χ4v) is 6.35. The average Bonchev–Trinajstić information content (AvgIpc) is 3.80. The molecular formula is C31H52N10O8P2. The van der Waals surface area contributed by atoms with E-state index in [2.05, 4.69) is 34.8 Å². The predicted octanol–water partition coefficient (Wildman–Crippen LogP) is 0.470. The number of nitrogen functional groups attached to an aromatic ring is 2. The second-order valence-corrected chi connectivity index (χ2v) is 21.4. The predicted molar refractivity (Wildman–Crippen MR) is 199 cm³/mol. The summed E-state index contributed by atoms with van der Waals surface area (Å²) < 4.78 is 27.8. The second-order valence-electron chi connectivity index (χ2n) is 14.2. The summed E-state index contributed by atoms with van der Waals surface area (Å²) in [6.07, 6.45) is 3.50. The molecule has 0 bridgehead atoms. The number of aliphatic hydroxyl groups excluding tert-OH is 3. The zero-order valence-electron chi connectivity index (χ0n) is 29.8. The zero-order valence-corrected chi connectivity index (χ0v) is 31.5. The van der Waals surface area contributed by atoms with E-state index in [0.717, 1.165) is 17.3 Å². The van der Waals surface area contributed by atoms with Crippen molar-refractivity contribution in [2.24, 2.45) is 11.8 Å². The summed E-state index contributed by atoms with van der Waals surface area (Å²) in [5, 5.41) is 29.2. The molecule has 0 saturated carbocycles. The number of aliphatic hydroxyl groups is 3. The number of hydrogen-bond acceptors (Lipinski definition) is 14. The molecule has 2 fully saturated rings. The molecule has 18 nitrogen and oxygen atoms in total. The highest BCUT2D eigenvalue weighted by molar-refractivity contribution is 7.62. The van der Waals surface area contributed by atoms with Gasteiger partial charge in [0.25, 0.3) is 11.1 Å². The summed E-state index contributed by atoms with van der Waals surface area (Å²) >= 11 is 0. The molecule has 4 aromatic heterocycles. The number of likely N-dealkylation sites (tertiary alicyclic amines) is 2. The highest BCUT2D eigenvalue weighted by atomic mass is 31.2. The standard InChI is InChI=1S/C15H24N5O4P.C12H17N5O3.C4H11OP/c1-25(2,23)8-24-7-10-5-20(6-11(10)21)4-9-3-17-13-12(9)18-15(16)19-14(13)22;13-12-15-9-6(1-14-10(9)11(20)16-12)2-17-3-7(5-18)8(19)4-17;1-4-6(2,3)5/h3,10-11,17,21H,4-8H2,1-2H3,(H3,16,18,19,22);1,7-8,14,18-19H,2-5H2,(H3,13,15,16,20);4H2,1-3H3. The van der Waals surface area contributed by atoms with Crippen LogP contribution in [0.1, 0.15) is 18.1 Å². The van der Waals surface area contributed by atoms with Crippen LogP contribution < -0.4 is 22.6 Å². The van der Waals surface area contributed by atoms with E-state index in [1.807, 2.05) is 11.8 Å². The van der Waals surface area contributed by atoms with Crippen molar-refractivity contribution in [3.8, 4) is 0 Å². The Balaban J connectivity index is 0.000000201. The van der Waals surface area contributed by atoms with Gasteiger partial charge in [-0.25, -0.2) is 9.97 Å². The number of hydrogen-bond donors (Lipinski definition) is 9. The Hall–Kier alpha value is -3.34. The summed E-state index contributed by atoms with van der Waals surface area (Å²) in [6.45, 7) is 12.6. The number of aromatic nitrogens is 6. The quantitative estimate of drug-likeness (QED) is 0.0996. The smallest absolute Gasteiger partial charge is 0.276 e. The number of H-pyrrole nitrogens is 4. The van der Waals surface area contributed by atoms with Crippen molar-refractivity contribution in [3.05, 3.63) is 44.2 Å². The topological polar surface area (TPSA) is 286 Å². The summed E-state index contributed by atoms with van der Waals surface area (Å²) in [5.74, 6) is 0.00695. The lowest BCUT2D eigenvalue weighted by Gasteiger charge is -2.16. The van der Waals surface area contributed by atoms with Crippen molar-refractivity contribution in [1.82, 2.24) is 39.7 Å². The molecule has 0 spiro atoms. The Bertz CT molecular complexity index is 1980. The minimum absolute atomic E-state index is 0.0295. The third-order valence-corrected chi connectivity index (χ3v) is 11.1. The van der Waals surface area contributed by atoms with E-state index in [1.165, 1.54) is 0 Å². The van der Waals surface area contributed by atoms with Crippen LogP contribution in [0.3, 0.4) is 0 Å². The Morgan fingerprint density at radius 3 is 1.63 bits per heavy atom. The Morgan fingerprint density at radius 2 is 1.24 bits per heavy atom. The molecule has 4 aromatic rings. The van der Waals surface area contributed by atoms with E-state index in [0.29, 0.717) is 67.9 Å². The highest BCUT2D eigenvalue weighted by Gasteiger charge is 2.33. The minimum atomic E-state index is -2.22. The second kappa shape index (κ2) is 17.0. The maximum absolute atomic E-state index is 11.9. The Labute approximate surface area is 295 Å². The summed E-state index contributed by atoms with van der Waals surface area (Å²) in [5.41, 5.74) is 14.2. The molecule has 11 N–H and O–H groups in total. The van der Waals surface area contributed by atoms with Crippen LogP contribution in [0.25, 0.3) is 22.1 Å². The van der Waals surface area contributed by atoms with Gasteiger partial charge in [0, 0.05) is 81.2 Å². The van der Waals surface area contributed by atoms with Gasteiger partial charge in [0.15, 0.2) is 0 Å². The fourth-order valence-electron chi connectivity index (χ4n) is 5.80. The molecule has 6 heterocycles. The minimum Gasteiger partial charge on any atom is -0.396 e. The molecule has 6 rings (SSSR count). The summed E-state index contributed by atoms with van der Waals surface area (Å²) in [6, 6.07) is 0. The number of ether oxygens (including phenoxy) is 1. The molecule has 20 heteroatoms. The first-order chi connectivity index (χ1) is 23.9. The maximum Gasteiger partial charge on any atom is 0.276 e. The lowest BCUT2D eigenvalue weighted by molar-refractivity contribution is 0.0711. The van der Waals surface area contributed by atoms with Crippen LogP contribution in [0.15, 0.2) is 22.0 Å². The molecule has 4 unspecified atom stereocenters. The molecule has 0 radical (unpaired) electrons. The van der Waals surface area contributed by atoms with Crippen LogP contribution in [0.5, 0.6) is 0 Å². The monoisotopic (exact) mass is 754 g/mol. The van der Waals surface area contributed by atoms with Crippen LogP contribution in [0.4, 0.5) is 11.9 Å². The van der Waals surface area contributed by atoms with E-state index in [-0.39, 0.29) is 47.8 Å². The fraction of sp³-hybridized carbons (Fsp3) is 0.613. The number of fused-ring (bicyclic) bond motifs is 2. The first-order valence-electron chi connectivity index (χ1n) is 16.7. The Kier molecular flexibility index (Phi) is 13.5. The van der Waals surface area contributed by atoms with Crippen LogP contribution in [0.2, 0.25) is 0 Å². The van der Waals surface area contributed by atoms with Crippen molar-refractivity contribution in [3.63, 3.8) is 0 Å². The lowest BCUT2D eigenvalue weighted by Crippen LogP contribution is -2.23. The number of aromatic amines is 4. The molecule has 4 atom stereocenters. The van der Waals surface area contributed by atoms with Crippen LogP contribution in [-0.4, -0.2) is 146 Å². The van der Waals surface area contributed by atoms with Crippen molar-refractivity contribution in [2.75, 3.05) is 90.0 Å². The lowest BCUT2D eigenvalue weighted by atomic mass is 10.1. The normalized spacial score (nSPS) is 21.5. The van der Waals surface area contributed by atoms with Gasteiger partial charge in [-0.3, -0.25) is 29.4 Å². The molecular weight excluding hydrogens is 702 g/mol.